The second-order valence-electron chi connectivity index (χ2n) is 5.04. The number of ether oxygens (including phenoxy) is 1. The van der Waals surface area contributed by atoms with Crippen molar-refractivity contribution in [2.75, 3.05) is 11.9 Å². The molecule has 0 aliphatic carbocycles. The van der Waals surface area contributed by atoms with E-state index in [0.29, 0.717) is 13.0 Å². The first-order valence-electron chi connectivity index (χ1n) is 7.55. The summed E-state index contributed by atoms with van der Waals surface area (Å²) in [6.45, 7) is 2.72. The van der Waals surface area contributed by atoms with E-state index < -0.39 is 0 Å². The third-order valence-corrected chi connectivity index (χ3v) is 3.23. The van der Waals surface area contributed by atoms with E-state index in [9.17, 15) is 4.79 Å². The summed E-state index contributed by atoms with van der Waals surface area (Å²) in [5, 5.41) is 5.95. The zero-order chi connectivity index (χ0) is 16.5. The topological polar surface area (TPSA) is 50.4 Å². The predicted octanol–water partition coefficient (Wildman–Crippen LogP) is 3.53. The summed E-state index contributed by atoms with van der Waals surface area (Å²) in [7, 11) is 0. The van der Waals surface area contributed by atoms with Gasteiger partial charge in [-0.1, -0.05) is 43.3 Å². The lowest BCUT2D eigenvalue weighted by Gasteiger charge is -2.11. The molecule has 0 unspecified atom stereocenters. The third-order valence-electron chi connectivity index (χ3n) is 3.03. The average molecular weight is 328 g/mol. The Morgan fingerprint density at radius 1 is 1.13 bits per heavy atom. The largest absolute Gasteiger partial charge is 0.494 e. The van der Waals surface area contributed by atoms with Gasteiger partial charge in [0.25, 0.3) is 0 Å². The van der Waals surface area contributed by atoms with Crippen molar-refractivity contribution in [3.8, 4) is 5.75 Å². The van der Waals surface area contributed by atoms with Crippen LogP contribution in [0.4, 0.5) is 5.69 Å². The van der Waals surface area contributed by atoms with Crippen molar-refractivity contribution in [3.63, 3.8) is 0 Å². The first kappa shape index (κ1) is 17.0. The molecule has 23 heavy (non-hydrogen) atoms. The van der Waals surface area contributed by atoms with Crippen LogP contribution in [-0.4, -0.2) is 17.6 Å². The van der Waals surface area contributed by atoms with Gasteiger partial charge in [-0.25, -0.2) is 0 Å². The number of carbonyl (C=O) groups is 1. The highest BCUT2D eigenvalue weighted by molar-refractivity contribution is 7.80. The first-order chi connectivity index (χ1) is 11.2. The standard InChI is InChI=1S/C18H20N2O2S/c1-2-11-22-16-10-6-9-15(13-16)19-18(23)20-17(21)12-14-7-4-3-5-8-14/h3-10,13H,2,11-12H2,1H3,(H2,19,20,21,23). The van der Waals surface area contributed by atoms with Crippen molar-refractivity contribution >= 4 is 28.9 Å². The zero-order valence-corrected chi connectivity index (χ0v) is 13.9. The molecule has 0 spiro atoms. The summed E-state index contributed by atoms with van der Waals surface area (Å²) in [6, 6.07) is 17.0. The molecule has 2 N–H and O–H groups in total. The van der Waals surface area contributed by atoms with Crippen molar-refractivity contribution in [3.05, 3.63) is 60.2 Å². The van der Waals surface area contributed by atoms with Gasteiger partial charge in [-0.3, -0.25) is 4.79 Å². The number of benzene rings is 2. The van der Waals surface area contributed by atoms with Gasteiger partial charge < -0.3 is 15.4 Å². The van der Waals surface area contributed by atoms with E-state index in [-0.39, 0.29) is 11.0 Å². The van der Waals surface area contributed by atoms with Crippen LogP contribution in [0.2, 0.25) is 0 Å². The molecule has 0 saturated heterocycles. The molecule has 0 aliphatic rings. The van der Waals surface area contributed by atoms with E-state index in [2.05, 4.69) is 17.6 Å². The van der Waals surface area contributed by atoms with Crippen LogP contribution in [0, 0.1) is 0 Å². The number of anilines is 1. The molecule has 4 nitrogen and oxygen atoms in total. The average Bonchev–Trinajstić information content (AvgIpc) is 2.54. The van der Waals surface area contributed by atoms with Gasteiger partial charge in [0, 0.05) is 11.8 Å². The lowest BCUT2D eigenvalue weighted by molar-refractivity contribution is -0.119. The predicted molar refractivity (Wildman–Crippen MR) is 96.7 cm³/mol. The van der Waals surface area contributed by atoms with Crippen LogP contribution in [0.3, 0.4) is 0 Å². The van der Waals surface area contributed by atoms with Gasteiger partial charge in [-0.15, -0.1) is 0 Å². The van der Waals surface area contributed by atoms with Crippen molar-refractivity contribution in [2.45, 2.75) is 19.8 Å². The van der Waals surface area contributed by atoms with Crippen molar-refractivity contribution in [1.82, 2.24) is 5.32 Å². The van der Waals surface area contributed by atoms with Crippen LogP contribution < -0.4 is 15.4 Å². The highest BCUT2D eigenvalue weighted by Crippen LogP contribution is 2.17. The third kappa shape index (κ3) is 6.08. The van der Waals surface area contributed by atoms with E-state index >= 15 is 0 Å². The minimum Gasteiger partial charge on any atom is -0.494 e. The van der Waals surface area contributed by atoms with Crippen LogP contribution in [0.5, 0.6) is 5.75 Å². The fraction of sp³-hybridized carbons (Fsp3) is 0.222. The van der Waals surface area contributed by atoms with Gasteiger partial charge in [0.2, 0.25) is 5.91 Å². The molecule has 0 saturated carbocycles. The van der Waals surface area contributed by atoms with Crippen molar-refractivity contribution in [1.29, 1.82) is 0 Å². The lowest BCUT2D eigenvalue weighted by Crippen LogP contribution is -2.35. The summed E-state index contributed by atoms with van der Waals surface area (Å²) in [5.41, 5.74) is 1.73. The summed E-state index contributed by atoms with van der Waals surface area (Å²) in [6.07, 6.45) is 1.24. The van der Waals surface area contributed by atoms with Crippen LogP contribution in [-0.2, 0) is 11.2 Å². The number of nitrogens with one attached hydrogen (secondary N) is 2. The van der Waals surface area contributed by atoms with Crippen LogP contribution in [0.25, 0.3) is 0 Å². The first-order valence-corrected chi connectivity index (χ1v) is 7.96. The molecule has 2 rings (SSSR count). The molecule has 2 aromatic carbocycles. The molecular weight excluding hydrogens is 308 g/mol. The Morgan fingerprint density at radius 2 is 1.91 bits per heavy atom. The summed E-state index contributed by atoms with van der Waals surface area (Å²) in [4.78, 5) is 12.0. The zero-order valence-electron chi connectivity index (χ0n) is 13.0. The highest BCUT2D eigenvalue weighted by Gasteiger charge is 2.06. The molecule has 0 radical (unpaired) electrons. The quantitative estimate of drug-likeness (QED) is 0.797. The Labute approximate surface area is 141 Å². The number of carbonyl (C=O) groups excluding carboxylic acids is 1. The minimum absolute atomic E-state index is 0.146. The molecule has 5 heteroatoms. The number of thiocarbonyl (C=S) groups is 1. The van der Waals surface area contributed by atoms with Gasteiger partial charge in [0.05, 0.1) is 13.0 Å². The fourth-order valence-corrected chi connectivity index (χ4v) is 2.23. The second kappa shape index (κ2) is 8.90. The molecular formula is C18H20N2O2S. The maximum atomic E-state index is 12.0. The molecule has 1 amide bonds. The number of rotatable bonds is 6. The molecule has 0 atom stereocenters. The SMILES string of the molecule is CCCOc1cccc(NC(=S)NC(=O)Cc2ccccc2)c1. The Bertz CT molecular complexity index is 659. The maximum absolute atomic E-state index is 12.0. The monoisotopic (exact) mass is 328 g/mol. The maximum Gasteiger partial charge on any atom is 0.230 e. The van der Waals surface area contributed by atoms with Gasteiger partial charge in [0.15, 0.2) is 5.11 Å². The number of amides is 1. The van der Waals surface area contributed by atoms with Crippen LogP contribution in [0.15, 0.2) is 54.6 Å². The Balaban J connectivity index is 1.85. The summed E-state index contributed by atoms with van der Waals surface area (Å²) < 4.78 is 5.57. The molecule has 120 valence electrons. The normalized spacial score (nSPS) is 9.96. The van der Waals surface area contributed by atoms with Crippen LogP contribution >= 0.6 is 12.2 Å². The molecule has 2 aromatic rings. The van der Waals surface area contributed by atoms with Crippen molar-refractivity contribution in [2.24, 2.45) is 0 Å². The van der Waals surface area contributed by atoms with Gasteiger partial charge in [-0.05, 0) is 36.3 Å². The lowest BCUT2D eigenvalue weighted by atomic mass is 10.1. The Morgan fingerprint density at radius 3 is 2.65 bits per heavy atom. The molecule has 0 heterocycles. The molecule has 0 fully saturated rings. The molecule has 0 bridgehead atoms. The second-order valence-corrected chi connectivity index (χ2v) is 5.45. The molecule has 0 aromatic heterocycles. The van der Waals surface area contributed by atoms with Gasteiger partial charge in [-0.2, -0.15) is 0 Å². The van der Waals surface area contributed by atoms with Gasteiger partial charge >= 0.3 is 0 Å². The number of hydrogen-bond donors (Lipinski definition) is 2. The van der Waals surface area contributed by atoms with E-state index in [1.54, 1.807) is 0 Å². The Hall–Kier alpha value is -2.40. The molecule has 0 aliphatic heterocycles. The van der Waals surface area contributed by atoms with Gasteiger partial charge in [0.1, 0.15) is 5.75 Å². The van der Waals surface area contributed by atoms with Crippen molar-refractivity contribution < 1.29 is 9.53 Å². The highest BCUT2D eigenvalue weighted by atomic mass is 32.1. The van der Waals surface area contributed by atoms with Crippen LogP contribution in [0.1, 0.15) is 18.9 Å². The van der Waals surface area contributed by atoms with E-state index in [4.69, 9.17) is 17.0 Å². The van der Waals surface area contributed by atoms with E-state index in [1.165, 1.54) is 0 Å². The van der Waals surface area contributed by atoms with E-state index in [0.717, 1.165) is 23.4 Å². The summed E-state index contributed by atoms with van der Waals surface area (Å²) >= 11 is 5.18. The minimum atomic E-state index is -0.146. The fourth-order valence-electron chi connectivity index (χ4n) is 2.00. The smallest absolute Gasteiger partial charge is 0.230 e. The Kier molecular flexibility index (Phi) is 6.56. The van der Waals surface area contributed by atoms with E-state index in [1.807, 2.05) is 54.6 Å². The summed E-state index contributed by atoms with van der Waals surface area (Å²) in [5.74, 6) is 0.627. The number of hydrogen-bond acceptors (Lipinski definition) is 3.